The number of benzene rings is 1. The Balaban J connectivity index is 1.58. The second kappa shape index (κ2) is 8.85. The largest absolute Gasteiger partial charge is 0.357 e. The van der Waals surface area contributed by atoms with Crippen molar-refractivity contribution in [2.75, 3.05) is 39.3 Å². The van der Waals surface area contributed by atoms with Crippen LogP contribution < -0.4 is 10.6 Å². The fourth-order valence-corrected chi connectivity index (χ4v) is 3.97. The van der Waals surface area contributed by atoms with Gasteiger partial charge in [0.05, 0.1) is 6.54 Å². The first kappa shape index (κ1) is 19.2. The number of nitrogens with zero attached hydrogens (tertiary/aromatic N) is 2. The lowest BCUT2D eigenvalue weighted by Crippen LogP contribution is -2.44. The van der Waals surface area contributed by atoms with Gasteiger partial charge in [-0.25, -0.2) is 4.39 Å². The van der Waals surface area contributed by atoms with E-state index in [1.165, 1.54) is 25.9 Å². The highest BCUT2D eigenvalue weighted by atomic mass is 19.1. The Bertz CT molecular complexity index is 612. The zero-order valence-corrected chi connectivity index (χ0v) is 16.2. The van der Waals surface area contributed by atoms with Crippen LogP contribution in [0.4, 0.5) is 4.39 Å². The maximum Gasteiger partial charge on any atom is 0.191 e. The molecule has 1 heterocycles. The van der Waals surface area contributed by atoms with Crippen LogP contribution in [0.15, 0.2) is 29.3 Å². The van der Waals surface area contributed by atoms with Crippen LogP contribution in [0.3, 0.4) is 0 Å². The van der Waals surface area contributed by atoms with E-state index < -0.39 is 0 Å². The molecule has 0 aromatic heterocycles. The van der Waals surface area contributed by atoms with Crippen molar-refractivity contribution in [3.8, 4) is 0 Å². The molecule has 1 saturated carbocycles. The number of hydrogen-bond acceptors (Lipinski definition) is 2. The van der Waals surface area contributed by atoms with Gasteiger partial charge < -0.3 is 15.5 Å². The van der Waals surface area contributed by atoms with Crippen LogP contribution in [0.5, 0.6) is 0 Å². The van der Waals surface area contributed by atoms with Crippen molar-refractivity contribution in [1.29, 1.82) is 0 Å². The third-order valence-corrected chi connectivity index (χ3v) is 5.79. The monoisotopic (exact) mass is 360 g/mol. The summed E-state index contributed by atoms with van der Waals surface area (Å²) in [5.74, 6) is 1.44. The highest BCUT2D eigenvalue weighted by Gasteiger charge is 2.45. The van der Waals surface area contributed by atoms with Gasteiger partial charge in [0.25, 0.3) is 0 Å². The highest BCUT2D eigenvalue weighted by molar-refractivity contribution is 5.79. The van der Waals surface area contributed by atoms with Crippen molar-refractivity contribution in [3.63, 3.8) is 0 Å². The number of aliphatic imine (C=N–C) groups is 1. The predicted molar refractivity (Wildman–Crippen MR) is 106 cm³/mol. The molecule has 1 aromatic carbocycles. The maximum atomic E-state index is 14.2. The molecule has 3 rings (SSSR count). The van der Waals surface area contributed by atoms with Crippen LogP contribution in [0, 0.1) is 11.7 Å². The van der Waals surface area contributed by atoms with E-state index in [-0.39, 0.29) is 11.2 Å². The molecular weight excluding hydrogens is 327 g/mol. The standard InChI is InChI=1S/C21H33FN4/c1-3-23-20(24-14-17-8-7-13-26(4-2)15-17)25-16-21(11-12-21)18-9-5-6-10-19(18)22/h5-6,9-10,17H,3-4,7-8,11-16H2,1-2H3,(H2,23,24,25). The fourth-order valence-electron chi connectivity index (χ4n) is 3.97. The van der Waals surface area contributed by atoms with E-state index in [9.17, 15) is 4.39 Å². The Morgan fingerprint density at radius 3 is 2.77 bits per heavy atom. The van der Waals surface area contributed by atoms with E-state index in [2.05, 4.69) is 29.4 Å². The van der Waals surface area contributed by atoms with Gasteiger partial charge in [-0.3, -0.25) is 4.99 Å². The topological polar surface area (TPSA) is 39.7 Å². The lowest BCUT2D eigenvalue weighted by molar-refractivity contribution is 0.183. The lowest BCUT2D eigenvalue weighted by Gasteiger charge is -2.32. The molecular formula is C21H33FN4. The average molecular weight is 361 g/mol. The van der Waals surface area contributed by atoms with Crippen molar-refractivity contribution in [3.05, 3.63) is 35.6 Å². The molecule has 1 atom stereocenters. The summed E-state index contributed by atoms with van der Waals surface area (Å²) < 4.78 is 14.2. The van der Waals surface area contributed by atoms with Crippen molar-refractivity contribution in [2.24, 2.45) is 10.9 Å². The van der Waals surface area contributed by atoms with Crippen molar-refractivity contribution in [1.82, 2.24) is 15.5 Å². The van der Waals surface area contributed by atoms with E-state index in [1.54, 1.807) is 12.1 Å². The molecule has 0 spiro atoms. The third kappa shape index (κ3) is 4.76. The fraction of sp³-hybridized carbons (Fsp3) is 0.667. The van der Waals surface area contributed by atoms with Crippen molar-refractivity contribution in [2.45, 2.75) is 44.9 Å². The first-order valence-corrected chi connectivity index (χ1v) is 10.2. The van der Waals surface area contributed by atoms with Gasteiger partial charge in [-0.15, -0.1) is 0 Å². The Labute approximate surface area is 157 Å². The molecule has 0 radical (unpaired) electrons. The summed E-state index contributed by atoms with van der Waals surface area (Å²) in [6.45, 7) is 10.3. The van der Waals surface area contributed by atoms with Crippen LogP contribution in [0.25, 0.3) is 0 Å². The molecule has 2 aliphatic rings. The summed E-state index contributed by atoms with van der Waals surface area (Å²) in [6.07, 6.45) is 4.60. The summed E-state index contributed by atoms with van der Waals surface area (Å²) in [6, 6.07) is 7.16. The quantitative estimate of drug-likeness (QED) is 0.580. The second-order valence-electron chi connectivity index (χ2n) is 7.74. The highest BCUT2D eigenvalue weighted by Crippen LogP contribution is 2.49. The maximum absolute atomic E-state index is 14.2. The lowest BCUT2D eigenvalue weighted by atomic mass is 9.95. The van der Waals surface area contributed by atoms with Crippen LogP contribution in [0.1, 0.15) is 45.1 Å². The first-order valence-electron chi connectivity index (χ1n) is 10.2. The van der Waals surface area contributed by atoms with E-state index >= 15 is 0 Å². The van der Waals surface area contributed by atoms with E-state index in [0.717, 1.165) is 44.0 Å². The minimum absolute atomic E-state index is 0.0972. The van der Waals surface area contributed by atoms with Gasteiger partial charge in [0.2, 0.25) is 0 Å². The smallest absolute Gasteiger partial charge is 0.191 e. The normalized spacial score (nSPS) is 22.9. The van der Waals surface area contributed by atoms with E-state index in [0.29, 0.717) is 12.5 Å². The number of piperidine rings is 1. The van der Waals surface area contributed by atoms with E-state index in [1.807, 2.05) is 12.1 Å². The number of rotatable bonds is 7. The summed E-state index contributed by atoms with van der Waals surface area (Å²) in [5, 5.41) is 6.87. The Kier molecular flexibility index (Phi) is 6.52. The number of likely N-dealkylation sites (tertiary alicyclic amines) is 1. The third-order valence-electron chi connectivity index (χ3n) is 5.79. The van der Waals surface area contributed by atoms with Gasteiger partial charge in [-0.05, 0) is 63.2 Å². The number of halogens is 1. The van der Waals surface area contributed by atoms with Crippen LogP contribution >= 0.6 is 0 Å². The molecule has 5 heteroatoms. The number of hydrogen-bond donors (Lipinski definition) is 2. The van der Waals surface area contributed by atoms with Crippen LogP contribution in [0.2, 0.25) is 0 Å². The SMILES string of the molecule is CCNC(=NCC1(c2ccccc2F)CC1)NCC1CCCN(CC)C1. The molecule has 1 aliphatic heterocycles. The van der Waals surface area contributed by atoms with Gasteiger partial charge in [-0.2, -0.15) is 0 Å². The van der Waals surface area contributed by atoms with Crippen LogP contribution in [-0.4, -0.2) is 50.1 Å². The number of guanidine groups is 1. The Hall–Kier alpha value is -1.62. The first-order chi connectivity index (χ1) is 12.7. The summed E-state index contributed by atoms with van der Waals surface area (Å²) in [5.41, 5.74) is 0.725. The zero-order valence-electron chi connectivity index (χ0n) is 16.2. The van der Waals surface area contributed by atoms with E-state index in [4.69, 9.17) is 4.99 Å². The molecule has 0 amide bonds. The van der Waals surface area contributed by atoms with Gasteiger partial charge in [-0.1, -0.05) is 25.1 Å². The minimum atomic E-state index is -0.0997. The molecule has 2 fully saturated rings. The molecule has 0 bridgehead atoms. The zero-order chi connectivity index (χ0) is 18.4. The minimum Gasteiger partial charge on any atom is -0.357 e. The average Bonchev–Trinajstić information content (AvgIpc) is 3.45. The molecule has 1 aromatic rings. The molecule has 1 unspecified atom stereocenters. The Morgan fingerprint density at radius 1 is 1.27 bits per heavy atom. The summed E-state index contributed by atoms with van der Waals surface area (Å²) in [7, 11) is 0. The molecule has 2 N–H and O–H groups in total. The molecule has 26 heavy (non-hydrogen) atoms. The van der Waals surface area contributed by atoms with Crippen LogP contribution in [-0.2, 0) is 5.41 Å². The van der Waals surface area contributed by atoms with Crippen molar-refractivity contribution >= 4 is 5.96 Å². The van der Waals surface area contributed by atoms with Crippen molar-refractivity contribution < 1.29 is 4.39 Å². The molecule has 144 valence electrons. The Morgan fingerprint density at radius 2 is 2.08 bits per heavy atom. The molecule has 1 aliphatic carbocycles. The summed E-state index contributed by atoms with van der Waals surface area (Å²) >= 11 is 0. The molecule has 4 nitrogen and oxygen atoms in total. The number of nitrogens with one attached hydrogen (secondary N) is 2. The second-order valence-corrected chi connectivity index (χ2v) is 7.74. The van der Waals surface area contributed by atoms with Gasteiger partial charge in [0, 0.05) is 25.0 Å². The molecule has 1 saturated heterocycles. The van der Waals surface area contributed by atoms with Gasteiger partial charge in [0.1, 0.15) is 5.82 Å². The predicted octanol–water partition coefficient (Wildman–Crippen LogP) is 3.14. The van der Waals surface area contributed by atoms with Gasteiger partial charge >= 0.3 is 0 Å². The summed E-state index contributed by atoms with van der Waals surface area (Å²) in [4.78, 5) is 7.33. The van der Waals surface area contributed by atoms with Gasteiger partial charge in [0.15, 0.2) is 5.96 Å².